The van der Waals surface area contributed by atoms with Crippen molar-refractivity contribution >= 4 is 5.91 Å². The van der Waals surface area contributed by atoms with E-state index in [9.17, 15) is 4.79 Å². The van der Waals surface area contributed by atoms with Crippen molar-refractivity contribution in [1.82, 2.24) is 4.90 Å². The fourth-order valence-electron chi connectivity index (χ4n) is 1.31. The van der Waals surface area contributed by atoms with E-state index in [2.05, 4.69) is 0 Å². The van der Waals surface area contributed by atoms with Gasteiger partial charge in [-0.25, -0.2) is 0 Å². The monoisotopic (exact) mass is 212 g/mol. The number of carbonyl (C=O) groups excluding carboxylic acids is 1. The summed E-state index contributed by atoms with van der Waals surface area (Å²) in [6, 6.07) is 3.28. The Balaban J connectivity index is 2.59. The molecule has 0 bridgehead atoms. The van der Waals surface area contributed by atoms with Gasteiger partial charge in [0.2, 0.25) is 0 Å². The predicted octanol–water partition coefficient (Wildman–Crippen LogP) is 0.193. The molecular formula is C10H16N2O3. The van der Waals surface area contributed by atoms with Gasteiger partial charge in [0.05, 0.1) is 13.2 Å². The summed E-state index contributed by atoms with van der Waals surface area (Å²) < 4.78 is 5.23. The topological polar surface area (TPSA) is 79.7 Å². The minimum absolute atomic E-state index is 0.108. The first-order valence-electron chi connectivity index (χ1n) is 4.89. The molecule has 1 aromatic rings. The van der Waals surface area contributed by atoms with Crippen molar-refractivity contribution < 1.29 is 14.3 Å². The molecule has 5 nitrogen and oxygen atoms in total. The van der Waals surface area contributed by atoms with Crippen molar-refractivity contribution in [2.45, 2.75) is 13.5 Å². The molecule has 5 heteroatoms. The Hall–Kier alpha value is -1.33. The predicted molar refractivity (Wildman–Crippen MR) is 55.3 cm³/mol. The molecule has 0 unspecified atom stereocenters. The zero-order valence-corrected chi connectivity index (χ0v) is 8.77. The first-order chi connectivity index (χ1) is 7.17. The summed E-state index contributed by atoms with van der Waals surface area (Å²) in [7, 11) is 0. The molecule has 0 saturated carbocycles. The van der Waals surface area contributed by atoms with Crippen molar-refractivity contribution in [1.29, 1.82) is 0 Å². The highest BCUT2D eigenvalue weighted by molar-refractivity contribution is 5.89. The van der Waals surface area contributed by atoms with Crippen molar-refractivity contribution in [2.75, 3.05) is 19.7 Å². The highest BCUT2D eigenvalue weighted by atomic mass is 16.4. The summed E-state index contributed by atoms with van der Waals surface area (Å²) in [6.45, 7) is 4.07. The van der Waals surface area contributed by atoms with Crippen molar-refractivity contribution in [3.05, 3.63) is 23.7 Å². The van der Waals surface area contributed by atoms with Crippen LogP contribution in [0, 0.1) is 0 Å². The summed E-state index contributed by atoms with van der Waals surface area (Å²) in [5.41, 5.74) is 5.06. The number of rotatable bonds is 6. The fraction of sp³-hybridized carbons (Fsp3) is 0.500. The van der Waals surface area contributed by atoms with Gasteiger partial charge in [0.15, 0.2) is 5.76 Å². The zero-order valence-electron chi connectivity index (χ0n) is 8.77. The molecule has 0 aromatic carbocycles. The number of aliphatic hydroxyl groups excluding tert-OH is 1. The van der Waals surface area contributed by atoms with Crippen molar-refractivity contribution in [3.63, 3.8) is 0 Å². The van der Waals surface area contributed by atoms with Crippen LogP contribution in [0.3, 0.4) is 0 Å². The molecule has 1 aromatic heterocycles. The van der Waals surface area contributed by atoms with Crippen LogP contribution in [0.15, 0.2) is 16.5 Å². The molecule has 0 atom stereocenters. The van der Waals surface area contributed by atoms with Crippen LogP contribution in [0.1, 0.15) is 23.2 Å². The number of hydrogen-bond acceptors (Lipinski definition) is 4. The lowest BCUT2D eigenvalue weighted by Crippen LogP contribution is -2.25. The minimum atomic E-state index is -0.563. The van der Waals surface area contributed by atoms with Gasteiger partial charge < -0.3 is 15.3 Å². The zero-order chi connectivity index (χ0) is 11.3. The molecule has 1 amide bonds. The standard InChI is InChI=1S/C10H16N2O3/c1-2-12(5-6-13)7-8-3-4-9(15-8)10(11)14/h3-4,13H,2,5-7H2,1H3,(H2,11,14). The summed E-state index contributed by atoms with van der Waals surface area (Å²) in [6.07, 6.45) is 0. The van der Waals surface area contributed by atoms with E-state index >= 15 is 0 Å². The Bertz CT molecular complexity index is 322. The van der Waals surface area contributed by atoms with Crippen molar-refractivity contribution in [3.8, 4) is 0 Å². The third kappa shape index (κ3) is 3.38. The number of furan rings is 1. The second-order valence-electron chi connectivity index (χ2n) is 3.22. The minimum Gasteiger partial charge on any atom is -0.455 e. The number of amides is 1. The fourth-order valence-corrected chi connectivity index (χ4v) is 1.31. The van der Waals surface area contributed by atoms with Crippen LogP contribution >= 0.6 is 0 Å². The largest absolute Gasteiger partial charge is 0.455 e. The van der Waals surface area contributed by atoms with Gasteiger partial charge in [-0.2, -0.15) is 0 Å². The Morgan fingerprint density at radius 2 is 2.33 bits per heavy atom. The molecule has 1 heterocycles. The van der Waals surface area contributed by atoms with Gasteiger partial charge in [0.1, 0.15) is 5.76 Å². The third-order valence-corrected chi connectivity index (χ3v) is 2.15. The highest BCUT2D eigenvalue weighted by Gasteiger charge is 2.09. The van der Waals surface area contributed by atoms with Gasteiger partial charge in [-0.05, 0) is 18.7 Å². The normalized spacial score (nSPS) is 10.9. The average molecular weight is 212 g/mol. The second-order valence-corrected chi connectivity index (χ2v) is 3.22. The van der Waals surface area contributed by atoms with Crippen LogP contribution in [0.2, 0.25) is 0 Å². The van der Waals surface area contributed by atoms with Gasteiger partial charge in [-0.1, -0.05) is 6.92 Å². The van der Waals surface area contributed by atoms with Gasteiger partial charge in [0, 0.05) is 6.54 Å². The SMILES string of the molecule is CCN(CCO)Cc1ccc(C(N)=O)o1. The van der Waals surface area contributed by atoms with Gasteiger partial charge in [-0.15, -0.1) is 0 Å². The number of primary amides is 1. The summed E-state index contributed by atoms with van der Waals surface area (Å²) >= 11 is 0. The molecule has 0 aliphatic carbocycles. The first-order valence-corrected chi connectivity index (χ1v) is 4.89. The lowest BCUT2D eigenvalue weighted by Gasteiger charge is -2.16. The van der Waals surface area contributed by atoms with E-state index in [4.69, 9.17) is 15.3 Å². The number of nitrogens with zero attached hydrogens (tertiary/aromatic N) is 1. The molecule has 1 rings (SSSR count). The quantitative estimate of drug-likeness (QED) is 0.705. The molecule has 3 N–H and O–H groups in total. The smallest absolute Gasteiger partial charge is 0.284 e. The van der Waals surface area contributed by atoms with Crippen LogP contribution in [0.5, 0.6) is 0 Å². The highest BCUT2D eigenvalue weighted by Crippen LogP contribution is 2.09. The number of hydrogen-bond donors (Lipinski definition) is 2. The summed E-state index contributed by atoms with van der Waals surface area (Å²) in [5, 5.41) is 8.79. The molecule has 0 radical (unpaired) electrons. The average Bonchev–Trinajstić information content (AvgIpc) is 2.65. The Labute approximate surface area is 88.5 Å². The number of carbonyl (C=O) groups is 1. The first kappa shape index (κ1) is 11.7. The molecule has 0 aliphatic heterocycles. The molecule has 0 aliphatic rings. The van der Waals surface area contributed by atoms with Crippen LogP contribution in [-0.4, -0.2) is 35.6 Å². The van der Waals surface area contributed by atoms with E-state index in [1.807, 2.05) is 11.8 Å². The number of likely N-dealkylation sites (N-methyl/N-ethyl adjacent to an activating group) is 1. The Morgan fingerprint density at radius 3 is 2.80 bits per heavy atom. The molecule has 84 valence electrons. The second kappa shape index (κ2) is 5.53. The lowest BCUT2D eigenvalue weighted by atomic mass is 10.4. The maximum Gasteiger partial charge on any atom is 0.284 e. The molecule has 0 saturated heterocycles. The van der Waals surface area contributed by atoms with Gasteiger partial charge >= 0.3 is 0 Å². The van der Waals surface area contributed by atoms with Crippen LogP contribution < -0.4 is 5.73 Å². The van der Waals surface area contributed by atoms with E-state index in [0.717, 1.165) is 6.54 Å². The maximum absolute atomic E-state index is 10.8. The van der Waals surface area contributed by atoms with Crippen LogP contribution in [-0.2, 0) is 6.54 Å². The summed E-state index contributed by atoms with van der Waals surface area (Å²) in [4.78, 5) is 12.8. The summed E-state index contributed by atoms with van der Waals surface area (Å²) in [5.74, 6) is 0.288. The molecule has 0 spiro atoms. The Kier molecular flexibility index (Phi) is 4.33. The van der Waals surface area contributed by atoms with Crippen LogP contribution in [0.4, 0.5) is 0 Å². The van der Waals surface area contributed by atoms with Crippen LogP contribution in [0.25, 0.3) is 0 Å². The molecule has 15 heavy (non-hydrogen) atoms. The lowest BCUT2D eigenvalue weighted by molar-refractivity contribution is 0.0969. The van der Waals surface area contributed by atoms with Gasteiger partial charge in [-0.3, -0.25) is 9.69 Å². The van der Waals surface area contributed by atoms with E-state index in [1.165, 1.54) is 0 Å². The van der Waals surface area contributed by atoms with E-state index in [1.54, 1.807) is 12.1 Å². The molecule has 0 fully saturated rings. The van der Waals surface area contributed by atoms with E-state index in [0.29, 0.717) is 18.8 Å². The maximum atomic E-state index is 10.8. The van der Waals surface area contributed by atoms with Gasteiger partial charge in [0.25, 0.3) is 5.91 Å². The Morgan fingerprint density at radius 1 is 1.60 bits per heavy atom. The van der Waals surface area contributed by atoms with E-state index < -0.39 is 5.91 Å². The number of aliphatic hydroxyl groups is 1. The third-order valence-electron chi connectivity index (χ3n) is 2.15. The van der Waals surface area contributed by atoms with E-state index in [-0.39, 0.29) is 12.4 Å². The molecular weight excluding hydrogens is 196 g/mol. The van der Waals surface area contributed by atoms with Crippen molar-refractivity contribution in [2.24, 2.45) is 5.73 Å². The number of nitrogens with two attached hydrogens (primary N) is 1.